The molecule has 0 aliphatic rings. The van der Waals surface area contributed by atoms with Crippen molar-refractivity contribution < 1.29 is 8.42 Å². The summed E-state index contributed by atoms with van der Waals surface area (Å²) in [6.45, 7) is 10.6. The number of nitrogens with zero attached hydrogens (tertiary/aromatic N) is 1. The van der Waals surface area contributed by atoms with Crippen molar-refractivity contribution in [1.82, 2.24) is 4.31 Å². The summed E-state index contributed by atoms with van der Waals surface area (Å²) in [6, 6.07) is 3.59. The van der Waals surface area contributed by atoms with Crippen molar-refractivity contribution in [2.45, 2.75) is 39.5 Å². The fraction of sp³-hybridized carbons (Fsp3) is 0.538. The van der Waals surface area contributed by atoms with Crippen LogP contribution < -0.4 is 0 Å². The van der Waals surface area contributed by atoms with Gasteiger partial charge in [0.2, 0.25) is 10.0 Å². The monoisotopic (exact) mass is 255 g/mol. The van der Waals surface area contributed by atoms with Crippen LogP contribution in [0.1, 0.15) is 30.5 Å². The Hall–Kier alpha value is -0.870. The smallest absolute Gasteiger partial charge is 0.207 e. The molecule has 0 aromatic heterocycles. The summed E-state index contributed by atoms with van der Waals surface area (Å²) in [6.07, 6.45) is 0. The fourth-order valence-electron chi connectivity index (χ4n) is 1.91. The van der Waals surface area contributed by atoms with E-state index >= 15 is 0 Å². The maximum atomic E-state index is 12.4. The van der Waals surface area contributed by atoms with Crippen LogP contribution in [-0.2, 0) is 10.0 Å². The lowest BCUT2D eigenvalue weighted by atomic mass is 10.1. The van der Waals surface area contributed by atoms with E-state index in [9.17, 15) is 8.42 Å². The van der Waals surface area contributed by atoms with Gasteiger partial charge in [0.25, 0.3) is 0 Å². The third-order valence-corrected chi connectivity index (χ3v) is 5.53. The van der Waals surface area contributed by atoms with Crippen LogP contribution in [0.25, 0.3) is 0 Å². The van der Waals surface area contributed by atoms with Gasteiger partial charge in [-0.3, -0.25) is 0 Å². The molecule has 4 heteroatoms. The molecule has 0 unspecified atom stereocenters. The molecule has 0 atom stereocenters. The van der Waals surface area contributed by atoms with Crippen LogP contribution in [0.3, 0.4) is 0 Å². The van der Waals surface area contributed by atoms with Gasteiger partial charge in [0.05, 0.1) is 4.90 Å². The van der Waals surface area contributed by atoms with E-state index in [2.05, 4.69) is 0 Å². The largest absolute Gasteiger partial charge is 0.243 e. The van der Waals surface area contributed by atoms with Gasteiger partial charge in [-0.25, -0.2) is 8.42 Å². The van der Waals surface area contributed by atoms with Crippen LogP contribution in [0.5, 0.6) is 0 Å². The maximum absolute atomic E-state index is 12.4. The minimum atomic E-state index is -3.34. The average molecular weight is 255 g/mol. The lowest BCUT2D eigenvalue weighted by Gasteiger charge is -2.20. The van der Waals surface area contributed by atoms with E-state index in [0.29, 0.717) is 18.0 Å². The van der Waals surface area contributed by atoms with E-state index < -0.39 is 10.0 Å². The third-order valence-electron chi connectivity index (χ3n) is 3.33. The number of sulfonamides is 1. The molecule has 0 amide bonds. The second kappa shape index (κ2) is 5.19. The van der Waals surface area contributed by atoms with E-state index in [-0.39, 0.29) is 0 Å². The molecule has 96 valence electrons. The SMILES string of the molecule is CCN(CC)S(=O)(=O)c1ccc(C)c(C)c1C. The zero-order valence-electron chi connectivity index (χ0n) is 11.2. The van der Waals surface area contributed by atoms with Gasteiger partial charge >= 0.3 is 0 Å². The van der Waals surface area contributed by atoms with Crippen molar-refractivity contribution in [3.8, 4) is 0 Å². The number of hydrogen-bond acceptors (Lipinski definition) is 2. The highest BCUT2D eigenvalue weighted by Crippen LogP contribution is 2.24. The molecule has 0 bridgehead atoms. The quantitative estimate of drug-likeness (QED) is 0.829. The van der Waals surface area contributed by atoms with Gasteiger partial charge in [0.1, 0.15) is 0 Å². The Bertz CT molecular complexity index is 502. The molecule has 0 N–H and O–H groups in total. The van der Waals surface area contributed by atoms with Gasteiger partial charge in [0.15, 0.2) is 0 Å². The number of benzene rings is 1. The van der Waals surface area contributed by atoms with Crippen molar-refractivity contribution >= 4 is 10.0 Å². The molecule has 1 rings (SSSR count). The van der Waals surface area contributed by atoms with Gasteiger partial charge in [-0.2, -0.15) is 4.31 Å². The summed E-state index contributed by atoms with van der Waals surface area (Å²) in [5.41, 5.74) is 3.04. The Morgan fingerprint density at radius 1 is 1.00 bits per heavy atom. The summed E-state index contributed by atoms with van der Waals surface area (Å²) in [5.74, 6) is 0. The second-order valence-corrected chi connectivity index (χ2v) is 6.13. The van der Waals surface area contributed by atoms with Crippen molar-refractivity contribution in [2.75, 3.05) is 13.1 Å². The van der Waals surface area contributed by atoms with E-state index in [1.807, 2.05) is 40.7 Å². The Morgan fingerprint density at radius 2 is 1.53 bits per heavy atom. The molecule has 0 heterocycles. The molecule has 0 spiro atoms. The topological polar surface area (TPSA) is 37.4 Å². The van der Waals surface area contributed by atoms with Crippen LogP contribution in [0.2, 0.25) is 0 Å². The molecule has 1 aromatic carbocycles. The maximum Gasteiger partial charge on any atom is 0.243 e. The van der Waals surface area contributed by atoms with Crippen molar-refractivity contribution in [3.05, 3.63) is 28.8 Å². The van der Waals surface area contributed by atoms with Gasteiger partial charge in [-0.05, 0) is 43.5 Å². The summed E-state index contributed by atoms with van der Waals surface area (Å²) in [7, 11) is -3.34. The Kier molecular flexibility index (Phi) is 4.33. The first-order valence-electron chi connectivity index (χ1n) is 5.93. The first kappa shape index (κ1) is 14.2. The Labute approximate surface area is 105 Å². The lowest BCUT2D eigenvalue weighted by molar-refractivity contribution is 0.445. The van der Waals surface area contributed by atoms with Crippen molar-refractivity contribution in [2.24, 2.45) is 0 Å². The first-order chi connectivity index (χ1) is 7.86. The van der Waals surface area contributed by atoms with Gasteiger partial charge in [-0.15, -0.1) is 0 Å². The zero-order valence-corrected chi connectivity index (χ0v) is 12.1. The standard InChI is InChI=1S/C13H21NO2S/c1-6-14(7-2)17(15,16)13-9-8-10(3)11(4)12(13)5/h8-9H,6-7H2,1-5H3. The minimum absolute atomic E-state index is 0.435. The minimum Gasteiger partial charge on any atom is -0.207 e. The molecular formula is C13H21NO2S. The second-order valence-electron chi connectivity index (χ2n) is 4.22. The molecule has 17 heavy (non-hydrogen) atoms. The predicted molar refractivity (Wildman–Crippen MR) is 70.8 cm³/mol. The highest BCUT2D eigenvalue weighted by molar-refractivity contribution is 7.89. The van der Waals surface area contributed by atoms with Crippen LogP contribution in [0.15, 0.2) is 17.0 Å². The molecule has 0 fully saturated rings. The molecule has 0 saturated carbocycles. The van der Waals surface area contributed by atoms with E-state index in [4.69, 9.17) is 0 Å². The first-order valence-corrected chi connectivity index (χ1v) is 7.37. The van der Waals surface area contributed by atoms with Gasteiger partial charge < -0.3 is 0 Å². The molecule has 0 aliphatic heterocycles. The highest BCUT2D eigenvalue weighted by Gasteiger charge is 2.24. The van der Waals surface area contributed by atoms with Crippen LogP contribution in [0, 0.1) is 20.8 Å². The van der Waals surface area contributed by atoms with Gasteiger partial charge in [0, 0.05) is 13.1 Å². The Balaban J connectivity index is 3.40. The zero-order chi connectivity index (χ0) is 13.2. The fourth-order valence-corrected chi connectivity index (χ4v) is 3.65. The summed E-state index contributed by atoms with van der Waals surface area (Å²) in [4.78, 5) is 0.435. The number of rotatable bonds is 4. The molecule has 1 aromatic rings. The molecule has 0 aliphatic carbocycles. The van der Waals surface area contributed by atoms with Crippen LogP contribution in [-0.4, -0.2) is 25.8 Å². The highest BCUT2D eigenvalue weighted by atomic mass is 32.2. The van der Waals surface area contributed by atoms with Crippen molar-refractivity contribution in [3.63, 3.8) is 0 Å². The van der Waals surface area contributed by atoms with Gasteiger partial charge in [-0.1, -0.05) is 19.9 Å². The molecular weight excluding hydrogens is 234 g/mol. The predicted octanol–water partition coefficient (Wildman–Crippen LogP) is 2.64. The lowest BCUT2D eigenvalue weighted by Crippen LogP contribution is -2.31. The summed E-state index contributed by atoms with van der Waals surface area (Å²) >= 11 is 0. The molecule has 3 nitrogen and oxygen atoms in total. The van der Waals surface area contributed by atoms with E-state index in [0.717, 1.165) is 16.7 Å². The van der Waals surface area contributed by atoms with E-state index in [1.54, 1.807) is 6.07 Å². The number of aryl methyl sites for hydroxylation is 1. The van der Waals surface area contributed by atoms with Crippen molar-refractivity contribution in [1.29, 1.82) is 0 Å². The van der Waals surface area contributed by atoms with Crippen LogP contribution in [0.4, 0.5) is 0 Å². The number of hydrogen-bond donors (Lipinski definition) is 0. The normalized spacial score (nSPS) is 12.1. The third kappa shape index (κ3) is 2.53. The van der Waals surface area contributed by atoms with Crippen LogP contribution >= 0.6 is 0 Å². The summed E-state index contributed by atoms with van der Waals surface area (Å²) in [5, 5.41) is 0. The molecule has 0 saturated heterocycles. The summed E-state index contributed by atoms with van der Waals surface area (Å²) < 4.78 is 26.3. The molecule has 0 radical (unpaired) electrons. The van der Waals surface area contributed by atoms with E-state index in [1.165, 1.54) is 4.31 Å². The Morgan fingerprint density at radius 3 is 2.00 bits per heavy atom. The average Bonchev–Trinajstić information content (AvgIpc) is 2.27.